The van der Waals surface area contributed by atoms with Crippen LogP contribution in [0.2, 0.25) is 0 Å². The quantitative estimate of drug-likeness (QED) is 0.142. The summed E-state index contributed by atoms with van der Waals surface area (Å²) in [5, 5.41) is 12.4. The van der Waals surface area contributed by atoms with Crippen molar-refractivity contribution in [2.24, 2.45) is 0 Å². The maximum atomic E-state index is 7.18. The molecule has 16 rings (SSSR count). The molecule has 0 bridgehead atoms. The molecule has 360 valence electrons. The lowest BCUT2D eigenvalue weighted by Gasteiger charge is -2.32. The normalized spacial score (nSPS) is 12.2. The first-order valence-electron chi connectivity index (χ1n) is 26.0. The van der Waals surface area contributed by atoms with Crippen LogP contribution in [0.4, 0.5) is 0 Å². The smallest absolute Gasteiger partial charge is 0.230 e. The molecule has 7 aromatic heterocycles. The van der Waals surface area contributed by atoms with Crippen LogP contribution in [0.5, 0.6) is 0 Å². The van der Waals surface area contributed by atoms with E-state index in [0.717, 1.165) is 92.8 Å². The van der Waals surface area contributed by atoms with Gasteiger partial charge in [-0.2, -0.15) is 0 Å². The maximum Gasteiger partial charge on any atom is 0.230 e. The Morgan fingerprint density at radius 3 is 1.57 bits per heavy atom. The molecule has 16 aromatic rings. The van der Waals surface area contributed by atoms with Gasteiger partial charge in [0.1, 0.15) is 5.58 Å². The second-order valence-corrected chi connectivity index (χ2v) is 24.5. The van der Waals surface area contributed by atoms with Crippen LogP contribution in [0.3, 0.4) is 0 Å². The van der Waals surface area contributed by atoms with E-state index in [1.807, 2.05) is 36.0 Å². The summed E-state index contributed by atoms with van der Waals surface area (Å²) in [6.07, 6.45) is 5.89. The highest BCUT2D eigenvalue weighted by Gasteiger charge is 2.48. The molecule has 0 spiro atoms. The number of rotatable bonds is 8. The molecule has 0 radical (unpaired) electrons. The highest BCUT2D eigenvalue weighted by atomic mass is 32.1. The molecule has 7 heterocycles. The topological polar surface area (TPSA) is 61.7 Å². The lowest BCUT2D eigenvalue weighted by Crippen LogP contribution is -2.76. The molecule has 0 aliphatic carbocycles. The minimum atomic E-state index is -3.39. The summed E-state index contributed by atoms with van der Waals surface area (Å²) in [7, 11) is -3.39. The number of hydrogen-bond acceptors (Lipinski definition) is 5. The second kappa shape index (κ2) is 17.2. The van der Waals surface area contributed by atoms with Crippen LogP contribution in [-0.4, -0.2) is 32.2 Å². The van der Waals surface area contributed by atoms with Crippen molar-refractivity contribution in [1.82, 2.24) is 24.1 Å². The fraction of sp³-hybridized carbons (Fsp3) is 0. The van der Waals surface area contributed by atoms with E-state index < -0.39 is 8.07 Å². The Labute approximate surface area is 447 Å². The van der Waals surface area contributed by atoms with E-state index >= 15 is 0 Å². The minimum Gasteiger partial charge on any atom is -0.455 e. The first-order valence-corrected chi connectivity index (χ1v) is 28.8. The molecule has 8 heteroatoms. The molecule has 9 aromatic carbocycles. The third-order valence-corrected chi connectivity index (χ3v) is 21.7. The summed E-state index contributed by atoms with van der Waals surface area (Å²) in [4.78, 5) is 15.9. The van der Waals surface area contributed by atoms with Crippen molar-refractivity contribution >= 4 is 126 Å². The van der Waals surface area contributed by atoms with Gasteiger partial charge in [0.15, 0.2) is 5.58 Å². The van der Waals surface area contributed by atoms with E-state index in [4.69, 9.17) is 19.4 Å². The van der Waals surface area contributed by atoms with Crippen molar-refractivity contribution in [2.75, 3.05) is 0 Å². The monoisotopic (exact) mass is 1020 g/mol. The third kappa shape index (κ3) is 6.56. The molecule has 0 fully saturated rings. The van der Waals surface area contributed by atoms with E-state index in [1.54, 1.807) is 0 Å². The number of benzene rings is 9. The number of pyridine rings is 3. The van der Waals surface area contributed by atoms with Gasteiger partial charge in [-0.3, -0.25) is 15.0 Å². The predicted molar refractivity (Wildman–Crippen MR) is 323 cm³/mol. The standard InChI is InChI=1S/C69H43N5OSSi/c1-5-16-48(17-6-1)73-59-25-14-13-24-52(59)55-40-44(27-31-60(55)73)46-29-33-63-56(41-46)53-35-38-71-68(66(53)75-63)77(50-20-9-3-10-21-50,51-22-11-4-12-23-51)69-67-54(36-39-72-69)57-42-47(30-34-64(57)76-67)45-28-32-61-58(43-45)65-62(26-15-37-70-65)74(61)49-18-7-2-8-19-49/h1-43H. The van der Waals surface area contributed by atoms with Crippen LogP contribution < -0.4 is 21.0 Å². The zero-order chi connectivity index (χ0) is 50.6. The van der Waals surface area contributed by atoms with Crippen LogP contribution in [0.15, 0.2) is 266 Å². The fourth-order valence-corrected chi connectivity index (χ4v) is 18.6. The molecular weight excluding hydrogens is 975 g/mol. The largest absolute Gasteiger partial charge is 0.455 e. The number of para-hydroxylation sites is 3. The Balaban J connectivity index is 0.878. The third-order valence-electron chi connectivity index (χ3n) is 15.8. The van der Waals surface area contributed by atoms with Gasteiger partial charge in [0.05, 0.1) is 42.9 Å². The first kappa shape index (κ1) is 43.6. The Hall–Kier alpha value is -9.73. The molecule has 0 N–H and O–H groups in total. The second-order valence-electron chi connectivity index (χ2n) is 19.9. The molecule has 0 atom stereocenters. The number of aromatic nitrogens is 5. The molecule has 0 saturated heterocycles. The van der Waals surface area contributed by atoms with Crippen LogP contribution in [0.25, 0.3) is 119 Å². The van der Waals surface area contributed by atoms with Crippen LogP contribution in [0, 0.1) is 0 Å². The van der Waals surface area contributed by atoms with Gasteiger partial charge in [-0.1, -0.05) is 140 Å². The Morgan fingerprint density at radius 1 is 0.351 bits per heavy atom. The van der Waals surface area contributed by atoms with Crippen molar-refractivity contribution < 1.29 is 4.42 Å². The molecule has 0 saturated carbocycles. The number of nitrogens with zero attached hydrogens (tertiary/aromatic N) is 5. The number of furan rings is 1. The van der Waals surface area contributed by atoms with E-state index in [-0.39, 0.29) is 0 Å². The van der Waals surface area contributed by atoms with Crippen molar-refractivity contribution in [2.45, 2.75) is 0 Å². The summed E-state index contributed by atoms with van der Waals surface area (Å²) in [6.45, 7) is 0. The van der Waals surface area contributed by atoms with Gasteiger partial charge < -0.3 is 13.6 Å². The summed E-state index contributed by atoms with van der Waals surface area (Å²) >= 11 is 1.82. The molecule has 0 amide bonds. The van der Waals surface area contributed by atoms with Gasteiger partial charge in [0.25, 0.3) is 0 Å². The molecule has 77 heavy (non-hydrogen) atoms. The molecule has 0 aliphatic heterocycles. The number of hydrogen-bond donors (Lipinski definition) is 0. The summed E-state index contributed by atoms with van der Waals surface area (Å²) in [5.74, 6) is 0. The Kier molecular flexibility index (Phi) is 9.73. The van der Waals surface area contributed by atoms with Gasteiger partial charge in [0.2, 0.25) is 8.07 Å². The van der Waals surface area contributed by atoms with Crippen molar-refractivity contribution in [3.8, 4) is 33.6 Å². The zero-order valence-electron chi connectivity index (χ0n) is 41.4. The van der Waals surface area contributed by atoms with Gasteiger partial charge in [-0.15, -0.1) is 11.3 Å². The Bertz CT molecular complexity index is 4670. The van der Waals surface area contributed by atoms with Crippen molar-refractivity contribution in [3.05, 3.63) is 261 Å². The number of thiophene rings is 1. The van der Waals surface area contributed by atoms with Crippen LogP contribution >= 0.6 is 11.3 Å². The minimum absolute atomic E-state index is 0.793. The summed E-state index contributed by atoms with van der Waals surface area (Å²) < 4.78 is 14.2. The molecule has 6 nitrogen and oxygen atoms in total. The average molecular weight is 1020 g/mol. The van der Waals surface area contributed by atoms with Gasteiger partial charge in [-0.05, 0) is 136 Å². The van der Waals surface area contributed by atoms with E-state index in [9.17, 15) is 0 Å². The lowest BCUT2D eigenvalue weighted by atomic mass is 10.0. The first-order chi connectivity index (χ1) is 38.2. The van der Waals surface area contributed by atoms with E-state index in [1.165, 1.54) is 47.7 Å². The fourth-order valence-electron chi connectivity index (χ4n) is 12.4. The zero-order valence-corrected chi connectivity index (χ0v) is 43.2. The summed E-state index contributed by atoms with van der Waals surface area (Å²) in [5.41, 5.74) is 14.0. The lowest BCUT2D eigenvalue weighted by molar-refractivity contribution is 0.670. The highest BCUT2D eigenvalue weighted by molar-refractivity contribution is 7.30. The van der Waals surface area contributed by atoms with E-state index in [0.29, 0.717) is 0 Å². The van der Waals surface area contributed by atoms with Gasteiger partial charge >= 0.3 is 0 Å². The average Bonchev–Trinajstić information content (AvgIpc) is 4.48. The SMILES string of the molecule is c1ccc(-n2c3ccccc3c3cc(-c4ccc5oc6c([Si](c7ccccc7)(c7ccccc7)c7nccc8c7sc7ccc(-c9ccc%10c(c9)c9ncccc9n%10-c9ccccc9)cc78)nccc6c5c4)ccc32)cc1. The Morgan fingerprint density at radius 2 is 0.870 bits per heavy atom. The summed E-state index contributed by atoms with van der Waals surface area (Å²) in [6, 6.07) is 87.5. The van der Waals surface area contributed by atoms with Crippen molar-refractivity contribution in [3.63, 3.8) is 0 Å². The predicted octanol–water partition coefficient (Wildman–Crippen LogP) is 15.0. The molecular formula is C69H43N5OSSi. The maximum absolute atomic E-state index is 7.18. The van der Waals surface area contributed by atoms with Crippen LogP contribution in [0.1, 0.15) is 0 Å². The number of fused-ring (bicyclic) bond motifs is 12. The van der Waals surface area contributed by atoms with Crippen molar-refractivity contribution in [1.29, 1.82) is 0 Å². The van der Waals surface area contributed by atoms with Gasteiger partial charge in [0, 0.05) is 72.4 Å². The van der Waals surface area contributed by atoms with Gasteiger partial charge in [-0.25, -0.2) is 0 Å². The van der Waals surface area contributed by atoms with E-state index in [2.05, 4.69) is 246 Å². The molecule has 0 aliphatic rings. The molecule has 0 unspecified atom stereocenters. The van der Waals surface area contributed by atoms with Crippen LogP contribution in [-0.2, 0) is 0 Å². The highest BCUT2D eigenvalue weighted by Crippen LogP contribution is 2.41.